The molecule has 0 atom stereocenters. The van der Waals surface area contributed by atoms with Gasteiger partial charge < -0.3 is 10.2 Å². The molecule has 5 nitrogen and oxygen atoms in total. The number of nitrogens with one attached hydrogen (secondary N) is 1. The molecule has 0 spiro atoms. The van der Waals surface area contributed by atoms with E-state index in [0.29, 0.717) is 12.3 Å². The molecule has 1 aliphatic carbocycles. The second-order valence-corrected chi connectivity index (χ2v) is 6.61. The Labute approximate surface area is 101 Å². The Morgan fingerprint density at radius 3 is 2.65 bits per heavy atom. The lowest BCUT2D eigenvalue weighted by atomic mass is 9.71. The monoisotopic (exact) mass is 258 g/mol. The summed E-state index contributed by atoms with van der Waals surface area (Å²) in [5.74, 6) is 0.472. The van der Waals surface area contributed by atoms with Gasteiger partial charge in [-0.3, -0.25) is 0 Å². The number of hydrogen-bond donors (Lipinski definition) is 2. The summed E-state index contributed by atoms with van der Waals surface area (Å²) >= 11 is 0. The number of nitrogens with two attached hydrogens (primary N) is 1. The molecule has 0 saturated heterocycles. The third-order valence-corrected chi connectivity index (χ3v) is 4.63. The maximum atomic E-state index is 11.9. The minimum atomic E-state index is -3.53. The van der Waals surface area contributed by atoms with Gasteiger partial charge >= 0.3 is 0 Å². The van der Waals surface area contributed by atoms with E-state index in [2.05, 4.69) is 11.6 Å². The van der Waals surface area contributed by atoms with Crippen LogP contribution in [0.4, 0.5) is 0 Å². The quantitative estimate of drug-likeness (QED) is 0.831. The predicted octanol–water partition coefficient (Wildman–Crippen LogP) is 1.21. The van der Waals surface area contributed by atoms with Crippen molar-refractivity contribution < 1.29 is 12.8 Å². The summed E-state index contributed by atoms with van der Waals surface area (Å²) in [7, 11) is -3.53. The van der Waals surface area contributed by atoms with Crippen molar-refractivity contribution in [3.8, 4) is 0 Å². The fourth-order valence-corrected chi connectivity index (χ4v) is 3.05. The Balaban J connectivity index is 2.03. The summed E-state index contributed by atoms with van der Waals surface area (Å²) in [5, 5.41) is -0.0547. The van der Waals surface area contributed by atoms with Gasteiger partial charge in [0.15, 0.2) is 0 Å². The van der Waals surface area contributed by atoms with E-state index in [-0.39, 0.29) is 17.1 Å². The van der Waals surface area contributed by atoms with Gasteiger partial charge in [-0.2, -0.15) is 0 Å². The fraction of sp³-hybridized carbons (Fsp3) is 0.636. The summed E-state index contributed by atoms with van der Waals surface area (Å²) in [4.78, 5) is 0. The molecule has 3 N–H and O–H groups in total. The maximum Gasteiger partial charge on any atom is 0.273 e. The standard InChI is InChI=1S/C11H18N2O3S/c1-11(5-2-6-11)8-13-17(14,15)10-4-3-9(7-12)16-10/h3-4,13H,2,5-8,12H2,1H3. The number of rotatable bonds is 5. The number of furan rings is 1. The lowest BCUT2D eigenvalue weighted by molar-refractivity contribution is 0.166. The van der Waals surface area contributed by atoms with Gasteiger partial charge in [0.25, 0.3) is 10.0 Å². The van der Waals surface area contributed by atoms with Crippen molar-refractivity contribution in [2.45, 2.75) is 37.8 Å². The molecule has 1 aromatic rings. The second-order valence-electron chi connectivity index (χ2n) is 4.91. The molecule has 1 fully saturated rings. The van der Waals surface area contributed by atoms with Crippen molar-refractivity contribution in [3.63, 3.8) is 0 Å². The molecule has 0 radical (unpaired) electrons. The van der Waals surface area contributed by atoms with E-state index in [4.69, 9.17) is 10.2 Å². The summed E-state index contributed by atoms with van der Waals surface area (Å²) in [6, 6.07) is 3.02. The minimum absolute atomic E-state index is 0.0547. The van der Waals surface area contributed by atoms with Crippen LogP contribution in [-0.4, -0.2) is 15.0 Å². The van der Waals surface area contributed by atoms with Crippen molar-refractivity contribution in [1.82, 2.24) is 4.72 Å². The molecule has 17 heavy (non-hydrogen) atoms. The average Bonchev–Trinajstić information content (AvgIpc) is 2.73. The molecule has 0 bridgehead atoms. The van der Waals surface area contributed by atoms with E-state index in [1.165, 1.54) is 12.5 Å². The topological polar surface area (TPSA) is 85.3 Å². The Morgan fingerprint density at radius 1 is 1.47 bits per heavy atom. The van der Waals surface area contributed by atoms with Gasteiger partial charge in [-0.25, -0.2) is 13.1 Å². The first-order chi connectivity index (χ1) is 7.95. The molecule has 1 aliphatic rings. The van der Waals surface area contributed by atoms with E-state index < -0.39 is 10.0 Å². The van der Waals surface area contributed by atoms with Crippen LogP contribution in [0.2, 0.25) is 0 Å². The predicted molar refractivity (Wildman–Crippen MR) is 63.7 cm³/mol. The third kappa shape index (κ3) is 2.70. The molecular weight excluding hydrogens is 240 g/mol. The van der Waals surface area contributed by atoms with Gasteiger partial charge in [-0.05, 0) is 30.4 Å². The molecule has 0 unspecified atom stereocenters. The van der Waals surface area contributed by atoms with Gasteiger partial charge in [0.1, 0.15) is 5.76 Å². The highest BCUT2D eigenvalue weighted by Gasteiger charge is 2.33. The van der Waals surface area contributed by atoms with E-state index in [9.17, 15) is 8.42 Å². The van der Waals surface area contributed by atoms with E-state index in [0.717, 1.165) is 12.8 Å². The molecule has 6 heteroatoms. The van der Waals surface area contributed by atoms with Crippen LogP contribution < -0.4 is 10.5 Å². The van der Waals surface area contributed by atoms with Gasteiger partial charge in [-0.1, -0.05) is 13.3 Å². The normalized spacial score (nSPS) is 18.9. The molecule has 1 heterocycles. The third-order valence-electron chi connectivity index (χ3n) is 3.35. The highest BCUT2D eigenvalue weighted by atomic mass is 32.2. The van der Waals surface area contributed by atoms with Crippen LogP contribution in [0.3, 0.4) is 0 Å². The molecule has 2 rings (SSSR count). The zero-order valence-corrected chi connectivity index (χ0v) is 10.7. The van der Waals surface area contributed by atoms with E-state index in [1.54, 1.807) is 6.07 Å². The van der Waals surface area contributed by atoms with E-state index in [1.807, 2.05) is 0 Å². The van der Waals surface area contributed by atoms with Crippen LogP contribution in [0.25, 0.3) is 0 Å². The summed E-state index contributed by atoms with van der Waals surface area (Å²) in [5.41, 5.74) is 5.48. The molecule has 1 saturated carbocycles. The van der Waals surface area contributed by atoms with Crippen LogP contribution in [0.1, 0.15) is 31.9 Å². The highest BCUT2D eigenvalue weighted by molar-refractivity contribution is 7.89. The zero-order chi connectivity index (χ0) is 12.5. The van der Waals surface area contributed by atoms with Crippen molar-refractivity contribution in [1.29, 1.82) is 0 Å². The SMILES string of the molecule is CC1(CNS(=O)(=O)c2ccc(CN)o2)CCC1. The molecule has 1 aromatic heterocycles. The Bertz CT molecular complexity index is 489. The van der Waals surface area contributed by atoms with Crippen LogP contribution >= 0.6 is 0 Å². The smallest absolute Gasteiger partial charge is 0.273 e. The van der Waals surface area contributed by atoms with Gasteiger partial charge in [0, 0.05) is 6.54 Å². The Hall–Kier alpha value is -0.850. The van der Waals surface area contributed by atoms with Crippen LogP contribution in [0.15, 0.2) is 21.6 Å². The second kappa shape index (κ2) is 4.44. The van der Waals surface area contributed by atoms with Gasteiger partial charge in [0.2, 0.25) is 5.09 Å². The van der Waals surface area contributed by atoms with Crippen molar-refractivity contribution in [2.24, 2.45) is 11.1 Å². The Morgan fingerprint density at radius 2 is 2.18 bits per heavy atom. The number of hydrogen-bond acceptors (Lipinski definition) is 4. The van der Waals surface area contributed by atoms with Crippen LogP contribution in [0.5, 0.6) is 0 Å². The first kappa shape index (κ1) is 12.6. The summed E-state index contributed by atoms with van der Waals surface area (Å²) in [6.07, 6.45) is 3.32. The fourth-order valence-electron chi connectivity index (χ4n) is 1.91. The highest BCUT2D eigenvalue weighted by Crippen LogP contribution is 2.39. The van der Waals surface area contributed by atoms with Crippen LogP contribution in [-0.2, 0) is 16.6 Å². The van der Waals surface area contributed by atoms with Crippen molar-refractivity contribution in [2.75, 3.05) is 6.54 Å². The lowest BCUT2D eigenvalue weighted by Crippen LogP contribution is -2.39. The maximum absolute atomic E-state index is 11.9. The lowest BCUT2D eigenvalue weighted by Gasteiger charge is -2.38. The number of sulfonamides is 1. The molecule has 0 amide bonds. The Kier molecular flexibility index (Phi) is 3.29. The summed E-state index contributed by atoms with van der Waals surface area (Å²) < 4.78 is 31.5. The molecule has 0 aromatic carbocycles. The van der Waals surface area contributed by atoms with Crippen molar-refractivity contribution >= 4 is 10.0 Å². The largest absolute Gasteiger partial charge is 0.447 e. The van der Waals surface area contributed by atoms with Crippen molar-refractivity contribution in [3.05, 3.63) is 17.9 Å². The van der Waals surface area contributed by atoms with Gasteiger partial charge in [-0.15, -0.1) is 0 Å². The summed E-state index contributed by atoms with van der Waals surface area (Å²) in [6.45, 7) is 2.76. The average molecular weight is 258 g/mol. The first-order valence-electron chi connectivity index (χ1n) is 5.74. The van der Waals surface area contributed by atoms with E-state index >= 15 is 0 Å². The van der Waals surface area contributed by atoms with Crippen LogP contribution in [0, 0.1) is 5.41 Å². The molecule has 0 aliphatic heterocycles. The first-order valence-corrected chi connectivity index (χ1v) is 7.22. The minimum Gasteiger partial charge on any atom is -0.447 e. The van der Waals surface area contributed by atoms with Gasteiger partial charge in [0.05, 0.1) is 6.54 Å². The molecular formula is C11H18N2O3S. The molecule has 96 valence electrons. The zero-order valence-electron chi connectivity index (χ0n) is 9.90.